The summed E-state index contributed by atoms with van der Waals surface area (Å²) in [5.41, 5.74) is 6.06. The molecular weight excluding hydrogens is 404 g/mol. The summed E-state index contributed by atoms with van der Waals surface area (Å²) in [5, 5.41) is 12.7. The first-order chi connectivity index (χ1) is 14.3. The van der Waals surface area contributed by atoms with Crippen LogP contribution in [0.4, 0.5) is 10.5 Å². The number of benzene rings is 1. The molecule has 1 aromatic heterocycles. The van der Waals surface area contributed by atoms with Crippen molar-refractivity contribution in [1.82, 2.24) is 4.72 Å². The third kappa shape index (κ3) is 3.32. The van der Waals surface area contributed by atoms with Crippen molar-refractivity contribution in [3.8, 4) is 0 Å². The summed E-state index contributed by atoms with van der Waals surface area (Å²) >= 11 is 0. The second kappa shape index (κ2) is 7.13. The van der Waals surface area contributed by atoms with Crippen molar-refractivity contribution < 1.29 is 22.7 Å². The van der Waals surface area contributed by atoms with E-state index in [1.165, 1.54) is 17.2 Å². The summed E-state index contributed by atoms with van der Waals surface area (Å²) < 4.78 is 33.1. The Morgan fingerprint density at radius 3 is 2.43 bits per heavy atom. The molecule has 0 aliphatic heterocycles. The Bertz CT molecular complexity index is 1100. The average molecular weight is 431 g/mol. The van der Waals surface area contributed by atoms with E-state index in [1.807, 2.05) is 6.92 Å². The Hall–Kier alpha value is -2.32. The molecule has 5 rings (SSSR count). The van der Waals surface area contributed by atoms with Crippen LogP contribution in [-0.4, -0.2) is 19.6 Å². The van der Waals surface area contributed by atoms with Crippen LogP contribution in [0, 0.1) is 5.92 Å². The third-order valence-corrected chi connectivity index (χ3v) is 7.73. The number of hydrogen-bond acceptors (Lipinski definition) is 5. The maximum atomic E-state index is 12.8. The quantitative estimate of drug-likeness (QED) is 0.692. The highest BCUT2D eigenvalue weighted by Gasteiger charge is 2.32. The molecule has 2 amide bonds. The number of sulfonamides is 1. The Morgan fingerprint density at radius 1 is 1.10 bits per heavy atom. The van der Waals surface area contributed by atoms with Crippen LogP contribution < -0.4 is 10.0 Å². The second-order valence-corrected chi connectivity index (χ2v) is 10.4. The van der Waals surface area contributed by atoms with Crippen molar-refractivity contribution >= 4 is 21.7 Å². The van der Waals surface area contributed by atoms with Gasteiger partial charge in [0.2, 0.25) is 5.09 Å². The van der Waals surface area contributed by atoms with Gasteiger partial charge >= 0.3 is 6.03 Å². The van der Waals surface area contributed by atoms with E-state index < -0.39 is 22.2 Å². The summed E-state index contributed by atoms with van der Waals surface area (Å²) in [6.07, 6.45) is 6.25. The normalized spacial score (nSPS) is 22.3. The van der Waals surface area contributed by atoms with E-state index in [1.54, 1.807) is 0 Å². The number of fused-ring (bicyclic) bond motifs is 3. The molecule has 8 heteroatoms. The molecule has 2 atom stereocenters. The lowest BCUT2D eigenvalue weighted by Gasteiger charge is -2.21. The highest BCUT2D eigenvalue weighted by atomic mass is 32.2. The number of carbonyl (C=O) groups excluding carboxylic acids is 1. The molecule has 0 bridgehead atoms. The molecule has 0 saturated heterocycles. The SMILES string of the molecule is CC1Cc2oc(S(=O)(=O)NC(=O)Nc3c4c(cc5c3CCC5)CCC4)cc2C(O)C1. The van der Waals surface area contributed by atoms with E-state index in [0.717, 1.165) is 55.3 Å². The van der Waals surface area contributed by atoms with Gasteiger partial charge in [-0.25, -0.2) is 9.52 Å². The fraction of sp³-hybridized carbons (Fsp3) is 0.500. The van der Waals surface area contributed by atoms with Gasteiger partial charge in [0.05, 0.1) is 6.10 Å². The molecular formula is C22H26N2O5S. The van der Waals surface area contributed by atoms with Gasteiger partial charge < -0.3 is 14.8 Å². The topological polar surface area (TPSA) is 109 Å². The molecule has 2 unspecified atom stereocenters. The minimum atomic E-state index is -4.18. The standard InChI is InChI=1S/C22H26N2O5S/c1-12-8-18(25)17-11-20(29-19(17)9-12)30(27,28)24-22(26)23-21-15-6-2-4-13(15)10-14-5-3-7-16(14)21/h10-12,18,25H,2-9H2,1H3,(H2,23,24,26). The van der Waals surface area contributed by atoms with Crippen LogP contribution in [0.5, 0.6) is 0 Å². The zero-order valence-corrected chi connectivity index (χ0v) is 17.8. The van der Waals surface area contributed by atoms with Crippen LogP contribution in [0.25, 0.3) is 0 Å². The lowest BCUT2D eigenvalue weighted by Crippen LogP contribution is -2.34. The number of hydrogen-bond donors (Lipinski definition) is 3. The zero-order valence-electron chi connectivity index (χ0n) is 17.0. The molecule has 1 heterocycles. The minimum absolute atomic E-state index is 0.202. The van der Waals surface area contributed by atoms with Gasteiger partial charge in [-0.3, -0.25) is 0 Å². The molecule has 0 fully saturated rings. The number of amides is 2. The van der Waals surface area contributed by atoms with Crippen LogP contribution >= 0.6 is 0 Å². The number of aliphatic hydroxyl groups is 1. The smallest absolute Gasteiger partial charge is 0.333 e. The number of anilines is 1. The van der Waals surface area contributed by atoms with Crippen LogP contribution in [0.2, 0.25) is 0 Å². The first-order valence-electron chi connectivity index (χ1n) is 10.6. The lowest BCUT2D eigenvalue weighted by molar-refractivity contribution is 0.131. The van der Waals surface area contributed by atoms with Crippen LogP contribution in [0.15, 0.2) is 21.6 Å². The maximum absolute atomic E-state index is 12.8. The van der Waals surface area contributed by atoms with Crippen molar-refractivity contribution in [3.05, 3.63) is 45.7 Å². The van der Waals surface area contributed by atoms with Crippen LogP contribution in [-0.2, 0) is 42.1 Å². The van der Waals surface area contributed by atoms with E-state index in [9.17, 15) is 18.3 Å². The predicted molar refractivity (Wildman–Crippen MR) is 111 cm³/mol. The van der Waals surface area contributed by atoms with Gasteiger partial charge in [-0.2, -0.15) is 8.42 Å². The first-order valence-corrected chi connectivity index (χ1v) is 12.1. The summed E-state index contributed by atoms with van der Waals surface area (Å²) in [5.74, 6) is 0.675. The van der Waals surface area contributed by atoms with Crippen molar-refractivity contribution in [3.63, 3.8) is 0 Å². The third-order valence-electron chi connectivity index (χ3n) is 6.54. The number of nitrogens with one attached hydrogen (secondary N) is 2. The van der Waals surface area contributed by atoms with E-state index in [4.69, 9.17) is 4.42 Å². The molecule has 3 aliphatic carbocycles. The largest absolute Gasteiger partial charge is 0.447 e. The second-order valence-electron chi connectivity index (χ2n) is 8.80. The highest BCUT2D eigenvalue weighted by Crippen LogP contribution is 2.39. The average Bonchev–Trinajstić information content (AvgIpc) is 3.39. The van der Waals surface area contributed by atoms with Gasteiger partial charge in [-0.05, 0) is 73.1 Å². The van der Waals surface area contributed by atoms with Crippen molar-refractivity contribution in [1.29, 1.82) is 0 Å². The Morgan fingerprint density at radius 2 is 1.77 bits per heavy atom. The number of carbonyl (C=O) groups is 1. The van der Waals surface area contributed by atoms with E-state index in [2.05, 4.69) is 16.1 Å². The molecule has 0 saturated carbocycles. The van der Waals surface area contributed by atoms with Gasteiger partial charge in [0.25, 0.3) is 10.0 Å². The summed E-state index contributed by atoms with van der Waals surface area (Å²) in [7, 11) is -4.18. The Kier molecular flexibility index (Phi) is 4.67. The fourth-order valence-electron chi connectivity index (χ4n) is 5.18. The monoisotopic (exact) mass is 430 g/mol. The van der Waals surface area contributed by atoms with Crippen LogP contribution in [0.3, 0.4) is 0 Å². The van der Waals surface area contributed by atoms with Gasteiger partial charge in [0, 0.05) is 23.7 Å². The van der Waals surface area contributed by atoms with Crippen molar-refractivity contribution in [2.75, 3.05) is 5.32 Å². The molecule has 30 heavy (non-hydrogen) atoms. The van der Waals surface area contributed by atoms with E-state index in [0.29, 0.717) is 24.2 Å². The molecule has 1 aromatic carbocycles. The summed E-state index contributed by atoms with van der Waals surface area (Å²) in [4.78, 5) is 12.7. The highest BCUT2D eigenvalue weighted by molar-refractivity contribution is 7.89. The summed E-state index contributed by atoms with van der Waals surface area (Å²) in [6, 6.07) is 2.80. The van der Waals surface area contributed by atoms with Gasteiger partial charge in [-0.1, -0.05) is 13.0 Å². The number of rotatable bonds is 3. The molecule has 0 radical (unpaired) electrons. The molecule has 0 spiro atoms. The molecule has 160 valence electrons. The predicted octanol–water partition coefficient (Wildman–Crippen LogP) is 3.38. The molecule has 2 aromatic rings. The lowest BCUT2D eigenvalue weighted by atomic mass is 9.88. The summed E-state index contributed by atoms with van der Waals surface area (Å²) in [6.45, 7) is 1.98. The van der Waals surface area contributed by atoms with Crippen molar-refractivity contribution in [2.24, 2.45) is 5.92 Å². The molecule has 3 aliphatic rings. The number of aryl methyl sites for hydroxylation is 2. The fourth-order valence-corrected chi connectivity index (χ4v) is 6.07. The number of furan rings is 1. The Balaban J connectivity index is 1.39. The van der Waals surface area contributed by atoms with Gasteiger partial charge in [-0.15, -0.1) is 0 Å². The molecule has 7 nitrogen and oxygen atoms in total. The zero-order chi connectivity index (χ0) is 21.0. The van der Waals surface area contributed by atoms with Gasteiger partial charge in [0.15, 0.2) is 0 Å². The molecule has 3 N–H and O–H groups in total. The Labute approximate surface area is 175 Å². The van der Waals surface area contributed by atoms with E-state index >= 15 is 0 Å². The number of urea groups is 1. The van der Waals surface area contributed by atoms with E-state index in [-0.39, 0.29) is 11.0 Å². The van der Waals surface area contributed by atoms with Gasteiger partial charge in [0.1, 0.15) is 5.76 Å². The maximum Gasteiger partial charge on any atom is 0.333 e. The minimum Gasteiger partial charge on any atom is -0.447 e. The van der Waals surface area contributed by atoms with Crippen LogP contribution in [0.1, 0.15) is 65.9 Å². The van der Waals surface area contributed by atoms with Crippen molar-refractivity contribution in [2.45, 2.75) is 69.5 Å². The first kappa shape index (κ1) is 19.6. The number of aliphatic hydroxyl groups excluding tert-OH is 1.